The van der Waals surface area contributed by atoms with E-state index in [4.69, 9.17) is 16.3 Å². The van der Waals surface area contributed by atoms with E-state index in [0.29, 0.717) is 27.8 Å². The Balaban J connectivity index is 2.86. The smallest absolute Gasteiger partial charge is 0.271 e. The van der Waals surface area contributed by atoms with Crippen LogP contribution in [-0.4, -0.2) is 42.5 Å². The van der Waals surface area contributed by atoms with Crippen LogP contribution in [0.3, 0.4) is 0 Å². The van der Waals surface area contributed by atoms with Gasteiger partial charge >= 0.3 is 0 Å². The lowest BCUT2D eigenvalue weighted by atomic mass is 10.1. The Kier molecular flexibility index (Phi) is 10.6. The van der Waals surface area contributed by atoms with Gasteiger partial charge in [0.15, 0.2) is 0 Å². The zero-order chi connectivity index (χ0) is 20.2. The van der Waals surface area contributed by atoms with Crippen LogP contribution in [0.1, 0.15) is 12.0 Å². The summed E-state index contributed by atoms with van der Waals surface area (Å²) in [6.07, 6.45) is 2.71. The van der Waals surface area contributed by atoms with Gasteiger partial charge in [-0.25, -0.2) is 10.8 Å². The highest BCUT2D eigenvalue weighted by Gasteiger charge is 2.17. The molecule has 0 heterocycles. The molecule has 0 aliphatic rings. The van der Waals surface area contributed by atoms with Crippen molar-refractivity contribution in [2.75, 3.05) is 13.2 Å². The van der Waals surface area contributed by atoms with E-state index in [1.54, 1.807) is 12.1 Å². The summed E-state index contributed by atoms with van der Waals surface area (Å²) in [5, 5.41) is 14.9. The van der Waals surface area contributed by atoms with Gasteiger partial charge in [-0.05, 0) is 68.6 Å². The van der Waals surface area contributed by atoms with Crippen molar-refractivity contribution in [2.24, 2.45) is 21.7 Å². The molecule has 1 aromatic carbocycles. The van der Waals surface area contributed by atoms with Gasteiger partial charge < -0.3 is 26.4 Å². The van der Waals surface area contributed by atoms with E-state index in [1.165, 1.54) is 12.4 Å². The fourth-order valence-electron chi connectivity index (χ4n) is 1.96. The molecular formula is C16H22Br2N6O3. The number of carbonyl (C=O) groups excluding carboxylic acids is 1. The Bertz CT molecular complexity index is 688. The summed E-state index contributed by atoms with van der Waals surface area (Å²) in [4.78, 5) is 16.2. The summed E-state index contributed by atoms with van der Waals surface area (Å²) < 4.78 is 7.07. The topological polar surface area (TPSA) is 147 Å². The van der Waals surface area contributed by atoms with Gasteiger partial charge in [0.1, 0.15) is 17.6 Å². The minimum Gasteiger partial charge on any atom is -0.491 e. The van der Waals surface area contributed by atoms with E-state index in [1.807, 2.05) is 0 Å². The second kappa shape index (κ2) is 12.4. The molecule has 7 N–H and O–H groups in total. The summed E-state index contributed by atoms with van der Waals surface area (Å²) in [6, 6.07) is 3.56. The van der Waals surface area contributed by atoms with Crippen LogP contribution in [0.5, 0.6) is 5.75 Å². The number of carbonyl (C=O) groups is 1. The maximum Gasteiger partial charge on any atom is 0.271 e. The highest BCUT2D eigenvalue weighted by atomic mass is 79.9. The minimum atomic E-state index is -0.720. The van der Waals surface area contributed by atoms with Crippen molar-refractivity contribution >= 4 is 49.8 Å². The maximum absolute atomic E-state index is 12.3. The van der Waals surface area contributed by atoms with Crippen molar-refractivity contribution in [1.82, 2.24) is 10.7 Å². The fourth-order valence-corrected chi connectivity index (χ4v) is 3.47. The lowest BCUT2D eigenvalue weighted by Crippen LogP contribution is -2.38. The van der Waals surface area contributed by atoms with Gasteiger partial charge in [0.05, 0.1) is 21.9 Å². The molecule has 0 aliphatic carbocycles. The number of nitrogens with zero attached hydrogens (tertiary/aromatic N) is 2. The Hall–Kier alpha value is -1.95. The van der Waals surface area contributed by atoms with Gasteiger partial charge in [0, 0.05) is 6.42 Å². The molecule has 27 heavy (non-hydrogen) atoms. The third-order valence-corrected chi connectivity index (χ3v) is 4.40. The van der Waals surface area contributed by atoms with Crippen LogP contribution in [-0.2, 0) is 11.2 Å². The van der Waals surface area contributed by atoms with Gasteiger partial charge in [-0.15, -0.1) is 0 Å². The van der Waals surface area contributed by atoms with E-state index in [2.05, 4.69) is 59.3 Å². The number of oxime groups is 1. The van der Waals surface area contributed by atoms with Gasteiger partial charge in [-0.3, -0.25) is 4.79 Å². The number of aliphatic imine (C=N–C) groups is 1. The molecule has 1 aromatic rings. The van der Waals surface area contributed by atoms with Crippen molar-refractivity contribution < 1.29 is 14.7 Å². The highest BCUT2D eigenvalue weighted by Crippen LogP contribution is 2.35. The second-order valence-corrected chi connectivity index (χ2v) is 6.91. The molecule has 0 spiro atoms. The number of benzene rings is 1. The van der Waals surface area contributed by atoms with E-state index in [-0.39, 0.29) is 12.1 Å². The summed E-state index contributed by atoms with van der Waals surface area (Å²) in [6.45, 7) is 4.59. The molecule has 0 radical (unpaired) electrons. The van der Waals surface area contributed by atoms with Gasteiger partial charge in [-0.2, -0.15) is 0 Å². The zero-order valence-corrected chi connectivity index (χ0v) is 17.7. The van der Waals surface area contributed by atoms with E-state index >= 15 is 0 Å². The summed E-state index contributed by atoms with van der Waals surface area (Å²) in [5.74, 6) is 5.14. The molecule has 0 aromatic heterocycles. The molecule has 0 bridgehead atoms. The largest absolute Gasteiger partial charge is 0.491 e. The molecule has 9 nitrogen and oxygen atoms in total. The first-order valence-corrected chi connectivity index (χ1v) is 9.48. The first-order valence-electron chi connectivity index (χ1n) is 7.89. The van der Waals surface area contributed by atoms with Crippen molar-refractivity contribution in [3.8, 4) is 5.75 Å². The van der Waals surface area contributed by atoms with Crippen LogP contribution < -0.4 is 27.1 Å². The van der Waals surface area contributed by atoms with Gasteiger partial charge in [0.25, 0.3) is 5.91 Å². The average Bonchev–Trinajstić information content (AvgIpc) is 2.65. The summed E-state index contributed by atoms with van der Waals surface area (Å²) in [7, 11) is 0. The lowest BCUT2D eigenvalue weighted by Gasteiger charge is -2.13. The lowest BCUT2D eigenvalue weighted by molar-refractivity contribution is -0.115. The molecule has 0 saturated heterocycles. The van der Waals surface area contributed by atoms with Gasteiger partial charge in [0.2, 0.25) is 0 Å². The van der Waals surface area contributed by atoms with Crippen molar-refractivity contribution in [2.45, 2.75) is 19.0 Å². The number of rotatable bonds is 11. The van der Waals surface area contributed by atoms with Crippen LogP contribution in [0.25, 0.3) is 0 Å². The molecule has 148 valence electrons. The Morgan fingerprint density at radius 2 is 2.07 bits per heavy atom. The Labute approximate surface area is 174 Å². The fraction of sp³-hybridized carbons (Fsp3) is 0.312. The zero-order valence-electron chi connectivity index (χ0n) is 14.5. The quantitative estimate of drug-likeness (QED) is 0.0584. The molecule has 0 fully saturated rings. The molecule has 1 atom stereocenters. The standard InChI is InChI=1S/C16H22Br2N6O3/c1-2-14(21-9-22-20)23-16(25)13(24-26)8-10-6-11(17)15(12(18)7-10)27-5-3-4-19/h2,6-7,9,14,26H,1,3-5,8,19-20H2,(H,21,22)(H,23,25). The number of nitrogens with two attached hydrogens (primary N) is 2. The SMILES string of the molecule is C=CC(N=CNN)NC(=O)C(Cc1cc(Br)c(OCCCN)c(Br)c1)=NO. The van der Waals surface area contributed by atoms with Crippen LogP contribution in [0.4, 0.5) is 0 Å². The van der Waals surface area contributed by atoms with E-state index in [9.17, 15) is 10.0 Å². The molecule has 1 unspecified atom stereocenters. The minimum absolute atomic E-state index is 0.0886. The maximum atomic E-state index is 12.3. The number of hydrogen-bond acceptors (Lipinski definition) is 7. The van der Waals surface area contributed by atoms with Crippen molar-refractivity contribution in [3.05, 3.63) is 39.3 Å². The first kappa shape index (κ1) is 23.1. The third kappa shape index (κ3) is 7.67. The predicted octanol–water partition coefficient (Wildman–Crippen LogP) is 1.43. The molecular weight excluding hydrogens is 484 g/mol. The number of amides is 1. The Morgan fingerprint density at radius 3 is 2.59 bits per heavy atom. The molecule has 11 heteroatoms. The highest BCUT2D eigenvalue weighted by molar-refractivity contribution is 9.11. The van der Waals surface area contributed by atoms with Crippen LogP contribution in [0, 0.1) is 0 Å². The third-order valence-electron chi connectivity index (χ3n) is 3.22. The Morgan fingerprint density at radius 1 is 1.41 bits per heavy atom. The second-order valence-electron chi connectivity index (χ2n) is 5.20. The predicted molar refractivity (Wildman–Crippen MR) is 112 cm³/mol. The van der Waals surface area contributed by atoms with Crippen LogP contribution >= 0.6 is 31.9 Å². The van der Waals surface area contributed by atoms with Crippen LogP contribution in [0.2, 0.25) is 0 Å². The molecule has 1 rings (SSSR count). The number of hydrazine groups is 1. The summed E-state index contributed by atoms with van der Waals surface area (Å²) in [5.41, 5.74) is 8.32. The normalized spacial score (nSPS) is 12.7. The molecule has 0 saturated carbocycles. The van der Waals surface area contributed by atoms with E-state index in [0.717, 1.165) is 12.0 Å². The number of nitrogens with one attached hydrogen (secondary N) is 2. The monoisotopic (exact) mass is 504 g/mol. The molecule has 0 aliphatic heterocycles. The number of ether oxygens (including phenoxy) is 1. The number of halogens is 2. The van der Waals surface area contributed by atoms with Gasteiger partial charge in [-0.1, -0.05) is 11.7 Å². The first-order chi connectivity index (χ1) is 13.0. The van der Waals surface area contributed by atoms with E-state index < -0.39 is 12.1 Å². The summed E-state index contributed by atoms with van der Waals surface area (Å²) >= 11 is 6.88. The van der Waals surface area contributed by atoms with Crippen LogP contribution in [0.15, 0.2) is 43.9 Å². The molecule has 1 amide bonds. The average molecular weight is 506 g/mol. The number of hydrogen-bond donors (Lipinski definition) is 5. The van der Waals surface area contributed by atoms with Crippen molar-refractivity contribution in [3.63, 3.8) is 0 Å². The van der Waals surface area contributed by atoms with Crippen molar-refractivity contribution in [1.29, 1.82) is 0 Å².